The summed E-state index contributed by atoms with van der Waals surface area (Å²) in [5, 5.41) is 4.01. The van der Waals surface area contributed by atoms with Gasteiger partial charge in [0.2, 0.25) is 0 Å². The molecule has 0 saturated heterocycles. The van der Waals surface area contributed by atoms with E-state index in [0.29, 0.717) is 22.5 Å². The maximum Gasteiger partial charge on any atom is 0.145 e. The van der Waals surface area contributed by atoms with Gasteiger partial charge in [-0.3, -0.25) is 0 Å². The third kappa shape index (κ3) is 3.56. The van der Waals surface area contributed by atoms with Crippen LogP contribution >= 0.6 is 11.6 Å². The van der Waals surface area contributed by atoms with Gasteiger partial charge in [-0.1, -0.05) is 23.7 Å². The standard InChI is InChI=1S/C13H16ClN5/c1-8(10-4-3-5-11(14)6-10)16-12-7-13(19-15)18-9(2)17-12/h3-8H,15H2,1-2H3,(H2,16,17,18,19). The quantitative estimate of drug-likeness (QED) is 0.592. The predicted octanol–water partition coefficient (Wildman–Crippen LogP) is 2.90. The Morgan fingerprint density at radius 1 is 1.21 bits per heavy atom. The highest BCUT2D eigenvalue weighted by molar-refractivity contribution is 6.30. The van der Waals surface area contributed by atoms with Gasteiger partial charge in [-0.15, -0.1) is 0 Å². The lowest BCUT2D eigenvalue weighted by atomic mass is 10.1. The molecule has 0 spiro atoms. The van der Waals surface area contributed by atoms with Gasteiger partial charge in [-0.05, 0) is 31.5 Å². The summed E-state index contributed by atoms with van der Waals surface area (Å²) in [4.78, 5) is 8.46. The molecule has 0 aliphatic rings. The Labute approximate surface area is 117 Å². The van der Waals surface area contributed by atoms with Gasteiger partial charge in [0.1, 0.15) is 17.5 Å². The summed E-state index contributed by atoms with van der Waals surface area (Å²) in [5.41, 5.74) is 3.61. The van der Waals surface area contributed by atoms with E-state index in [1.807, 2.05) is 38.1 Å². The van der Waals surface area contributed by atoms with E-state index in [9.17, 15) is 0 Å². The number of hydrogen-bond acceptors (Lipinski definition) is 5. The average molecular weight is 278 g/mol. The SMILES string of the molecule is Cc1nc(NN)cc(NC(C)c2cccc(Cl)c2)n1. The lowest BCUT2D eigenvalue weighted by Gasteiger charge is -2.16. The lowest BCUT2D eigenvalue weighted by molar-refractivity contribution is 0.867. The summed E-state index contributed by atoms with van der Waals surface area (Å²) in [6.07, 6.45) is 0. The third-order valence-electron chi connectivity index (χ3n) is 2.70. The molecule has 19 heavy (non-hydrogen) atoms. The zero-order valence-electron chi connectivity index (χ0n) is 10.8. The van der Waals surface area contributed by atoms with Crippen LogP contribution in [-0.4, -0.2) is 9.97 Å². The molecule has 2 aromatic rings. The Bertz CT molecular complexity index is 573. The van der Waals surface area contributed by atoms with E-state index in [-0.39, 0.29) is 6.04 Å². The number of aryl methyl sites for hydroxylation is 1. The van der Waals surface area contributed by atoms with Crippen molar-refractivity contribution in [3.05, 3.63) is 46.7 Å². The maximum absolute atomic E-state index is 5.98. The number of nitrogens with one attached hydrogen (secondary N) is 2. The van der Waals surface area contributed by atoms with Gasteiger partial charge in [-0.2, -0.15) is 0 Å². The monoisotopic (exact) mass is 277 g/mol. The molecule has 2 rings (SSSR count). The molecule has 1 unspecified atom stereocenters. The van der Waals surface area contributed by atoms with E-state index in [4.69, 9.17) is 17.4 Å². The smallest absolute Gasteiger partial charge is 0.145 e. The van der Waals surface area contributed by atoms with E-state index >= 15 is 0 Å². The highest BCUT2D eigenvalue weighted by Gasteiger charge is 2.08. The number of anilines is 2. The number of hydrazine groups is 1. The molecule has 1 aromatic heterocycles. The summed E-state index contributed by atoms with van der Waals surface area (Å²) in [7, 11) is 0. The van der Waals surface area contributed by atoms with Gasteiger partial charge < -0.3 is 10.7 Å². The fraction of sp³-hybridized carbons (Fsp3) is 0.231. The van der Waals surface area contributed by atoms with E-state index in [1.54, 1.807) is 6.07 Å². The second-order valence-electron chi connectivity index (χ2n) is 4.25. The molecule has 0 bridgehead atoms. The van der Waals surface area contributed by atoms with E-state index in [1.165, 1.54) is 0 Å². The van der Waals surface area contributed by atoms with Crippen molar-refractivity contribution >= 4 is 23.2 Å². The molecular formula is C13H16ClN5. The molecule has 6 heteroatoms. The Hall–Kier alpha value is -1.85. The lowest BCUT2D eigenvalue weighted by Crippen LogP contribution is -2.13. The molecule has 0 radical (unpaired) electrons. The molecule has 0 aliphatic heterocycles. The summed E-state index contributed by atoms with van der Waals surface area (Å²) >= 11 is 5.98. The van der Waals surface area contributed by atoms with Gasteiger partial charge in [0, 0.05) is 17.1 Å². The van der Waals surface area contributed by atoms with E-state index < -0.39 is 0 Å². The van der Waals surface area contributed by atoms with Crippen LogP contribution in [0.3, 0.4) is 0 Å². The highest BCUT2D eigenvalue weighted by atomic mass is 35.5. The van der Waals surface area contributed by atoms with Crippen LogP contribution in [0.5, 0.6) is 0 Å². The number of aromatic nitrogens is 2. The van der Waals surface area contributed by atoms with Crippen LogP contribution < -0.4 is 16.6 Å². The summed E-state index contributed by atoms with van der Waals surface area (Å²) < 4.78 is 0. The fourth-order valence-corrected chi connectivity index (χ4v) is 2.00. The Balaban J connectivity index is 2.18. The largest absolute Gasteiger partial charge is 0.363 e. The highest BCUT2D eigenvalue weighted by Crippen LogP contribution is 2.21. The van der Waals surface area contributed by atoms with E-state index in [0.717, 1.165) is 5.56 Å². The first-order valence-corrected chi connectivity index (χ1v) is 6.30. The topological polar surface area (TPSA) is 75.9 Å². The third-order valence-corrected chi connectivity index (χ3v) is 2.93. The van der Waals surface area contributed by atoms with Crippen molar-refractivity contribution in [2.75, 3.05) is 10.7 Å². The summed E-state index contributed by atoms with van der Waals surface area (Å²) in [5.74, 6) is 7.31. The second-order valence-corrected chi connectivity index (χ2v) is 4.69. The van der Waals surface area contributed by atoms with Gasteiger partial charge in [0.25, 0.3) is 0 Å². The molecule has 100 valence electrons. The number of nitrogens with zero attached hydrogens (tertiary/aromatic N) is 2. The minimum absolute atomic E-state index is 0.0821. The Morgan fingerprint density at radius 3 is 2.63 bits per heavy atom. The number of nitrogen functional groups attached to an aromatic ring is 1. The van der Waals surface area contributed by atoms with Crippen molar-refractivity contribution in [3.63, 3.8) is 0 Å². The molecule has 1 atom stereocenters. The van der Waals surface area contributed by atoms with Gasteiger partial charge >= 0.3 is 0 Å². The number of halogens is 1. The van der Waals surface area contributed by atoms with Crippen molar-refractivity contribution in [3.8, 4) is 0 Å². The Kier molecular flexibility index (Phi) is 4.19. The number of nitrogens with two attached hydrogens (primary N) is 1. The van der Waals surface area contributed by atoms with Gasteiger partial charge in [-0.25, -0.2) is 15.8 Å². The van der Waals surface area contributed by atoms with Crippen LogP contribution in [0.4, 0.5) is 11.6 Å². The predicted molar refractivity (Wildman–Crippen MR) is 78.1 cm³/mol. The summed E-state index contributed by atoms with van der Waals surface area (Å²) in [6, 6.07) is 9.55. The molecule has 1 heterocycles. The zero-order chi connectivity index (χ0) is 13.8. The number of hydrogen-bond donors (Lipinski definition) is 3. The molecular weight excluding hydrogens is 262 g/mol. The first kappa shape index (κ1) is 13.6. The van der Waals surface area contributed by atoms with Crippen LogP contribution in [0.2, 0.25) is 5.02 Å². The minimum atomic E-state index is 0.0821. The van der Waals surface area contributed by atoms with Crippen molar-refractivity contribution in [1.82, 2.24) is 9.97 Å². The van der Waals surface area contributed by atoms with Crippen molar-refractivity contribution < 1.29 is 0 Å². The van der Waals surface area contributed by atoms with Crippen LogP contribution in [0.15, 0.2) is 30.3 Å². The minimum Gasteiger partial charge on any atom is -0.363 e. The van der Waals surface area contributed by atoms with E-state index in [2.05, 4.69) is 20.7 Å². The molecule has 0 aliphatic carbocycles. The Morgan fingerprint density at radius 2 is 1.95 bits per heavy atom. The average Bonchev–Trinajstić information content (AvgIpc) is 2.38. The van der Waals surface area contributed by atoms with Crippen molar-refractivity contribution in [1.29, 1.82) is 0 Å². The van der Waals surface area contributed by atoms with Crippen molar-refractivity contribution in [2.45, 2.75) is 19.9 Å². The van der Waals surface area contributed by atoms with Gasteiger partial charge in [0.15, 0.2) is 0 Å². The molecule has 0 amide bonds. The van der Waals surface area contributed by atoms with Crippen molar-refractivity contribution in [2.24, 2.45) is 5.84 Å². The maximum atomic E-state index is 5.98. The van der Waals surface area contributed by atoms with Gasteiger partial charge in [0.05, 0.1) is 0 Å². The normalized spacial score (nSPS) is 12.0. The second kappa shape index (κ2) is 5.86. The van der Waals surface area contributed by atoms with Crippen LogP contribution in [0.25, 0.3) is 0 Å². The molecule has 1 aromatic carbocycles. The molecule has 0 saturated carbocycles. The fourth-order valence-electron chi connectivity index (χ4n) is 1.80. The summed E-state index contributed by atoms with van der Waals surface area (Å²) in [6.45, 7) is 3.86. The van der Waals surface area contributed by atoms with Crippen LogP contribution in [0, 0.1) is 6.92 Å². The number of benzene rings is 1. The van der Waals surface area contributed by atoms with Crippen LogP contribution in [-0.2, 0) is 0 Å². The first-order chi connectivity index (χ1) is 9.08. The molecule has 4 N–H and O–H groups in total. The number of rotatable bonds is 4. The molecule has 0 fully saturated rings. The van der Waals surface area contributed by atoms with Crippen LogP contribution in [0.1, 0.15) is 24.4 Å². The first-order valence-electron chi connectivity index (χ1n) is 5.93. The zero-order valence-corrected chi connectivity index (χ0v) is 11.6. The molecule has 5 nitrogen and oxygen atoms in total.